The Morgan fingerprint density at radius 1 is 1.18 bits per heavy atom. The Kier molecular flexibility index (Phi) is 6.90. The molecule has 1 atom stereocenters. The third kappa shape index (κ3) is 5.68. The molecule has 0 radical (unpaired) electrons. The van der Waals surface area contributed by atoms with Gasteiger partial charge in [-0.15, -0.1) is 11.3 Å². The highest BCUT2D eigenvalue weighted by Crippen LogP contribution is 2.28. The summed E-state index contributed by atoms with van der Waals surface area (Å²) in [4.78, 5) is 33.4. The molecule has 1 aromatic heterocycles. The van der Waals surface area contributed by atoms with Gasteiger partial charge in [0.15, 0.2) is 5.13 Å². The lowest BCUT2D eigenvalue weighted by molar-refractivity contribution is 0.102. The van der Waals surface area contributed by atoms with Gasteiger partial charge in [0, 0.05) is 41.3 Å². The van der Waals surface area contributed by atoms with E-state index in [1.807, 2.05) is 25.1 Å². The summed E-state index contributed by atoms with van der Waals surface area (Å²) in [5.41, 5.74) is 9.42. The first-order valence-corrected chi connectivity index (χ1v) is 11.7. The van der Waals surface area contributed by atoms with E-state index < -0.39 is 0 Å². The van der Waals surface area contributed by atoms with Crippen molar-refractivity contribution in [2.75, 3.05) is 30.0 Å². The number of carbonyl (C=O) groups excluding carboxylic acids is 2. The van der Waals surface area contributed by atoms with Gasteiger partial charge in [-0.05, 0) is 49.4 Å². The fourth-order valence-corrected chi connectivity index (χ4v) is 4.89. The number of hydrogen-bond acceptors (Lipinski definition) is 6. The molecule has 0 saturated heterocycles. The normalized spacial score (nSPS) is 14.2. The van der Waals surface area contributed by atoms with Crippen molar-refractivity contribution in [1.29, 1.82) is 0 Å². The molecular formula is C24H28N6O2S. The molecular weight excluding hydrogens is 436 g/mol. The first-order valence-electron chi connectivity index (χ1n) is 10.9. The number of hydrogen-bond donors (Lipinski definition) is 4. The van der Waals surface area contributed by atoms with E-state index in [1.54, 1.807) is 30.3 Å². The maximum atomic E-state index is 12.9. The van der Waals surface area contributed by atoms with E-state index in [2.05, 4.69) is 32.9 Å². The predicted octanol–water partition coefficient (Wildman–Crippen LogP) is 4.24. The zero-order chi connectivity index (χ0) is 23.4. The molecule has 3 amide bonds. The van der Waals surface area contributed by atoms with Crippen LogP contribution >= 0.6 is 11.3 Å². The zero-order valence-electron chi connectivity index (χ0n) is 18.7. The number of nitrogens with zero attached hydrogens (tertiary/aromatic N) is 2. The van der Waals surface area contributed by atoms with Crippen LogP contribution in [0.4, 0.5) is 21.3 Å². The SMILES string of the molecule is CC[C@@H](NC(=O)Nc1cccc(N)c1)c1cccc(C(=O)Nc2nc3c(s2)CN(C)CC3)c1. The van der Waals surface area contributed by atoms with Crippen molar-refractivity contribution in [3.63, 3.8) is 0 Å². The van der Waals surface area contributed by atoms with E-state index in [9.17, 15) is 9.59 Å². The number of aromatic nitrogens is 1. The maximum absolute atomic E-state index is 12.9. The van der Waals surface area contributed by atoms with Crippen molar-refractivity contribution in [3.8, 4) is 0 Å². The van der Waals surface area contributed by atoms with Crippen LogP contribution in [0.15, 0.2) is 48.5 Å². The van der Waals surface area contributed by atoms with Gasteiger partial charge in [0.25, 0.3) is 5.91 Å². The Morgan fingerprint density at radius 2 is 2.00 bits per heavy atom. The van der Waals surface area contributed by atoms with Crippen LogP contribution in [0.3, 0.4) is 0 Å². The number of thiazole rings is 1. The molecule has 0 bridgehead atoms. The largest absolute Gasteiger partial charge is 0.399 e. The van der Waals surface area contributed by atoms with Crippen molar-refractivity contribution >= 4 is 39.8 Å². The predicted molar refractivity (Wildman–Crippen MR) is 133 cm³/mol. The molecule has 3 aromatic rings. The summed E-state index contributed by atoms with van der Waals surface area (Å²) in [6, 6.07) is 13.7. The number of nitrogen functional groups attached to an aromatic ring is 1. The number of anilines is 3. The second kappa shape index (κ2) is 10.0. The molecule has 8 nitrogen and oxygen atoms in total. The van der Waals surface area contributed by atoms with Crippen LogP contribution in [0.5, 0.6) is 0 Å². The van der Waals surface area contributed by atoms with Crippen LogP contribution in [0, 0.1) is 0 Å². The highest BCUT2D eigenvalue weighted by atomic mass is 32.1. The Bertz CT molecular complexity index is 1160. The minimum absolute atomic E-state index is 0.213. The van der Waals surface area contributed by atoms with Crippen molar-refractivity contribution in [1.82, 2.24) is 15.2 Å². The van der Waals surface area contributed by atoms with Gasteiger partial charge in [-0.1, -0.05) is 25.1 Å². The van der Waals surface area contributed by atoms with E-state index in [0.717, 1.165) is 30.8 Å². The monoisotopic (exact) mass is 464 g/mol. The molecule has 0 fully saturated rings. The third-order valence-electron chi connectivity index (χ3n) is 5.55. The van der Waals surface area contributed by atoms with Crippen molar-refractivity contribution in [3.05, 3.63) is 70.2 Å². The molecule has 1 aliphatic rings. The Labute approximate surface area is 197 Å². The summed E-state index contributed by atoms with van der Waals surface area (Å²) in [7, 11) is 2.08. The minimum atomic E-state index is -0.333. The van der Waals surface area contributed by atoms with Crippen LogP contribution in [0.25, 0.3) is 0 Å². The Hall–Kier alpha value is -3.43. The smallest absolute Gasteiger partial charge is 0.319 e. The second-order valence-corrected chi connectivity index (χ2v) is 9.22. The molecule has 33 heavy (non-hydrogen) atoms. The summed E-state index contributed by atoms with van der Waals surface area (Å²) in [5.74, 6) is -0.213. The van der Waals surface area contributed by atoms with Gasteiger partial charge < -0.3 is 21.3 Å². The number of carbonyl (C=O) groups is 2. The summed E-state index contributed by atoms with van der Waals surface area (Å²) < 4.78 is 0. The number of rotatable bonds is 6. The van der Waals surface area contributed by atoms with Gasteiger partial charge in [0.1, 0.15) is 0 Å². The summed E-state index contributed by atoms with van der Waals surface area (Å²) in [6.07, 6.45) is 1.57. The molecule has 2 aromatic carbocycles. The van der Waals surface area contributed by atoms with E-state index in [-0.39, 0.29) is 18.0 Å². The summed E-state index contributed by atoms with van der Waals surface area (Å²) >= 11 is 1.53. The zero-order valence-corrected chi connectivity index (χ0v) is 19.5. The topological polar surface area (TPSA) is 112 Å². The van der Waals surface area contributed by atoms with Crippen LogP contribution in [0.1, 0.15) is 45.9 Å². The molecule has 0 aliphatic carbocycles. The van der Waals surface area contributed by atoms with Crippen molar-refractivity contribution in [2.24, 2.45) is 0 Å². The average molecular weight is 465 g/mol. The molecule has 0 unspecified atom stereocenters. The number of likely N-dealkylation sites (N-methyl/N-ethyl adjacent to an activating group) is 1. The lowest BCUT2D eigenvalue weighted by atomic mass is 10.0. The van der Waals surface area contributed by atoms with Crippen LogP contribution < -0.4 is 21.7 Å². The highest BCUT2D eigenvalue weighted by Gasteiger charge is 2.20. The second-order valence-electron chi connectivity index (χ2n) is 8.14. The van der Waals surface area contributed by atoms with Crippen LogP contribution in [-0.2, 0) is 13.0 Å². The van der Waals surface area contributed by atoms with E-state index in [4.69, 9.17) is 5.73 Å². The van der Waals surface area contributed by atoms with Gasteiger partial charge in [-0.25, -0.2) is 9.78 Å². The number of benzene rings is 2. The number of nitrogens with one attached hydrogen (secondary N) is 3. The standard InChI is InChI=1S/C24H28N6O2S/c1-3-19(27-23(32)26-18-9-5-8-17(25)13-18)15-6-4-7-16(12-15)22(31)29-24-28-20-10-11-30(2)14-21(20)33-24/h4-9,12-13,19H,3,10-11,14,25H2,1-2H3,(H2,26,27,32)(H,28,29,31)/t19-/m1/s1. The Balaban J connectivity index is 1.42. The lowest BCUT2D eigenvalue weighted by Crippen LogP contribution is -2.32. The number of nitrogens with two attached hydrogens (primary N) is 1. The van der Waals surface area contributed by atoms with E-state index in [1.165, 1.54) is 16.2 Å². The number of amides is 3. The molecule has 1 aliphatic heterocycles. The first kappa shape index (κ1) is 22.8. The minimum Gasteiger partial charge on any atom is -0.399 e. The first-order chi connectivity index (χ1) is 15.9. The molecule has 5 N–H and O–H groups in total. The Morgan fingerprint density at radius 3 is 2.79 bits per heavy atom. The molecule has 0 saturated carbocycles. The van der Waals surface area contributed by atoms with Crippen LogP contribution in [-0.4, -0.2) is 35.4 Å². The van der Waals surface area contributed by atoms with Gasteiger partial charge in [-0.3, -0.25) is 10.1 Å². The van der Waals surface area contributed by atoms with E-state index >= 15 is 0 Å². The van der Waals surface area contributed by atoms with Gasteiger partial charge in [0.2, 0.25) is 0 Å². The molecule has 0 spiro atoms. The molecule has 9 heteroatoms. The number of urea groups is 1. The quantitative estimate of drug-likeness (QED) is 0.408. The fraction of sp³-hybridized carbons (Fsp3) is 0.292. The van der Waals surface area contributed by atoms with Crippen molar-refractivity contribution in [2.45, 2.75) is 32.4 Å². The van der Waals surface area contributed by atoms with Crippen molar-refractivity contribution < 1.29 is 9.59 Å². The van der Waals surface area contributed by atoms with E-state index in [0.29, 0.717) is 28.5 Å². The highest BCUT2D eigenvalue weighted by molar-refractivity contribution is 7.15. The van der Waals surface area contributed by atoms with Crippen LogP contribution in [0.2, 0.25) is 0 Å². The number of fused-ring (bicyclic) bond motifs is 1. The molecule has 4 rings (SSSR count). The lowest BCUT2D eigenvalue weighted by Gasteiger charge is -2.20. The third-order valence-corrected chi connectivity index (χ3v) is 6.55. The molecule has 2 heterocycles. The van der Waals surface area contributed by atoms with Gasteiger partial charge in [-0.2, -0.15) is 0 Å². The van der Waals surface area contributed by atoms with Gasteiger partial charge >= 0.3 is 6.03 Å². The van der Waals surface area contributed by atoms with Gasteiger partial charge in [0.05, 0.1) is 11.7 Å². The summed E-state index contributed by atoms with van der Waals surface area (Å²) in [5, 5.41) is 9.32. The average Bonchev–Trinajstić information content (AvgIpc) is 3.18. The maximum Gasteiger partial charge on any atom is 0.319 e. The molecule has 172 valence electrons. The summed E-state index contributed by atoms with van der Waals surface area (Å²) in [6.45, 7) is 3.82. The fourth-order valence-electron chi connectivity index (χ4n) is 3.81.